The van der Waals surface area contributed by atoms with E-state index in [2.05, 4.69) is 20.8 Å². The number of hydrogen-bond donors (Lipinski definition) is 3. The molecule has 3 aromatic rings. The van der Waals surface area contributed by atoms with Crippen LogP contribution >= 0.6 is 23.2 Å². The minimum absolute atomic E-state index is 0.151. The van der Waals surface area contributed by atoms with Crippen molar-refractivity contribution in [1.29, 1.82) is 0 Å². The Morgan fingerprint density at radius 3 is 2.59 bits per heavy atom. The van der Waals surface area contributed by atoms with Crippen LogP contribution in [-0.2, 0) is 26.3 Å². The van der Waals surface area contributed by atoms with Crippen molar-refractivity contribution in [3.05, 3.63) is 63.3 Å². The lowest BCUT2D eigenvalue weighted by Crippen LogP contribution is -2.40. The molecular formula is C23H22Cl2N4O3. The van der Waals surface area contributed by atoms with Crippen molar-refractivity contribution >= 4 is 51.8 Å². The zero-order chi connectivity index (χ0) is 23.0. The second-order valence-electron chi connectivity index (χ2n) is 8.46. The number of nitrogens with zero attached hydrogens (tertiary/aromatic N) is 1. The fourth-order valence-corrected chi connectivity index (χ4v) is 4.70. The summed E-state index contributed by atoms with van der Waals surface area (Å²) in [7, 11) is 0. The number of fused-ring (bicyclic) bond motifs is 1. The lowest BCUT2D eigenvalue weighted by atomic mass is 9.83. The maximum atomic E-state index is 13.0. The van der Waals surface area contributed by atoms with Crippen LogP contribution in [-0.4, -0.2) is 27.9 Å². The number of halogens is 2. The molecule has 0 bridgehead atoms. The van der Waals surface area contributed by atoms with Gasteiger partial charge in [-0.15, -0.1) is 0 Å². The number of hydrogen-bond acceptors (Lipinski definition) is 4. The van der Waals surface area contributed by atoms with Gasteiger partial charge >= 0.3 is 0 Å². The summed E-state index contributed by atoms with van der Waals surface area (Å²) in [6.07, 6.45) is 2.32. The van der Waals surface area contributed by atoms with E-state index in [4.69, 9.17) is 23.2 Å². The lowest BCUT2D eigenvalue weighted by Gasteiger charge is -2.25. The molecule has 3 amide bonds. The van der Waals surface area contributed by atoms with Crippen molar-refractivity contribution in [2.24, 2.45) is 0 Å². The van der Waals surface area contributed by atoms with Crippen LogP contribution in [0.25, 0.3) is 10.9 Å². The molecule has 1 fully saturated rings. The summed E-state index contributed by atoms with van der Waals surface area (Å²) in [5.74, 6) is -1.43. The number of benzene rings is 2. The van der Waals surface area contributed by atoms with Gasteiger partial charge in [-0.3, -0.25) is 24.8 Å². The molecule has 1 unspecified atom stereocenters. The molecule has 7 nitrogen and oxygen atoms in total. The average Bonchev–Trinajstić information content (AvgIpc) is 3.21. The Morgan fingerprint density at radius 2 is 1.91 bits per heavy atom. The van der Waals surface area contributed by atoms with Crippen LogP contribution in [0.3, 0.4) is 0 Å². The zero-order valence-electron chi connectivity index (χ0n) is 17.6. The van der Waals surface area contributed by atoms with Crippen molar-refractivity contribution in [2.45, 2.75) is 44.6 Å². The number of carbonyl (C=O) groups is 3. The zero-order valence-corrected chi connectivity index (χ0v) is 19.1. The molecule has 166 valence electrons. The van der Waals surface area contributed by atoms with E-state index < -0.39 is 17.2 Å². The fraction of sp³-hybridized carbons (Fsp3) is 0.304. The van der Waals surface area contributed by atoms with Gasteiger partial charge in [-0.1, -0.05) is 29.3 Å². The number of imide groups is 1. The largest absolute Gasteiger partial charge is 0.351 e. The minimum Gasteiger partial charge on any atom is -0.351 e. The highest BCUT2D eigenvalue weighted by molar-refractivity contribution is 6.36. The van der Waals surface area contributed by atoms with Crippen molar-refractivity contribution in [1.82, 2.24) is 20.8 Å². The predicted octanol–water partition coefficient (Wildman–Crippen LogP) is 3.98. The molecule has 9 heteroatoms. The molecule has 3 N–H and O–H groups in total. The SMILES string of the molecule is CC(C)(C(=O)NCc1cc(Cl)c(C2CCC(=O)NC2=O)c(Cl)c1)c1ccc2[nH]ncc2c1. The second-order valence-corrected chi connectivity index (χ2v) is 9.27. The Bertz CT molecular complexity index is 1210. The Balaban J connectivity index is 1.49. The maximum Gasteiger partial charge on any atom is 0.234 e. The number of nitrogens with one attached hydrogen (secondary N) is 3. The van der Waals surface area contributed by atoms with Gasteiger partial charge in [0, 0.05) is 34.0 Å². The molecule has 0 radical (unpaired) electrons. The number of H-pyrrole nitrogens is 1. The topological polar surface area (TPSA) is 104 Å². The Hall–Kier alpha value is -2.90. The summed E-state index contributed by atoms with van der Waals surface area (Å²) in [5, 5.41) is 13.8. The molecule has 2 aromatic carbocycles. The lowest BCUT2D eigenvalue weighted by molar-refractivity contribution is -0.134. The van der Waals surface area contributed by atoms with E-state index in [1.807, 2.05) is 32.0 Å². The van der Waals surface area contributed by atoms with Crippen LogP contribution in [0, 0.1) is 0 Å². The number of aromatic nitrogens is 2. The van der Waals surface area contributed by atoms with Gasteiger partial charge in [0.1, 0.15) is 0 Å². The summed E-state index contributed by atoms with van der Waals surface area (Å²) in [5.41, 5.74) is 2.22. The molecule has 4 rings (SSSR count). The first-order valence-corrected chi connectivity index (χ1v) is 11.0. The van der Waals surface area contributed by atoms with E-state index in [-0.39, 0.29) is 24.8 Å². The molecule has 1 atom stereocenters. The molecule has 1 aliphatic rings. The molecule has 0 aliphatic carbocycles. The van der Waals surface area contributed by atoms with E-state index in [1.54, 1.807) is 18.3 Å². The van der Waals surface area contributed by atoms with Gasteiger partial charge < -0.3 is 5.32 Å². The molecular weight excluding hydrogens is 451 g/mol. The van der Waals surface area contributed by atoms with Crippen LogP contribution in [0.2, 0.25) is 10.0 Å². The summed E-state index contributed by atoms with van der Waals surface area (Å²) in [4.78, 5) is 36.6. The first-order chi connectivity index (χ1) is 15.2. The Morgan fingerprint density at radius 1 is 1.19 bits per heavy atom. The molecule has 1 aromatic heterocycles. The number of aromatic amines is 1. The van der Waals surface area contributed by atoms with E-state index in [1.165, 1.54) is 0 Å². The predicted molar refractivity (Wildman–Crippen MR) is 123 cm³/mol. The number of carbonyl (C=O) groups excluding carboxylic acids is 3. The van der Waals surface area contributed by atoms with Crippen LogP contribution in [0.5, 0.6) is 0 Å². The van der Waals surface area contributed by atoms with Crippen LogP contribution in [0.15, 0.2) is 36.5 Å². The summed E-state index contributed by atoms with van der Waals surface area (Å²) in [6, 6.07) is 9.14. The van der Waals surface area contributed by atoms with E-state index >= 15 is 0 Å². The standard InChI is InChI=1S/C23H22Cl2N4O3/c1-23(2,14-3-5-18-13(9-14)11-27-29-18)22(32)26-10-12-7-16(24)20(17(25)8-12)15-4-6-19(30)28-21(15)31/h3,5,7-9,11,15H,4,6,10H2,1-2H3,(H,26,32)(H,27,29)(H,28,30,31). The number of amides is 3. The van der Waals surface area contributed by atoms with E-state index in [9.17, 15) is 14.4 Å². The van der Waals surface area contributed by atoms with Gasteiger partial charge in [-0.05, 0) is 55.7 Å². The van der Waals surface area contributed by atoms with E-state index in [0.717, 1.165) is 16.5 Å². The normalized spacial score (nSPS) is 16.8. The molecule has 32 heavy (non-hydrogen) atoms. The Kier molecular flexibility index (Phi) is 5.97. The second kappa shape index (κ2) is 8.56. The van der Waals surface area contributed by atoms with Gasteiger partial charge in [-0.2, -0.15) is 5.10 Å². The highest BCUT2D eigenvalue weighted by atomic mass is 35.5. The molecule has 2 heterocycles. The van der Waals surface area contributed by atoms with Crippen molar-refractivity contribution in [3.63, 3.8) is 0 Å². The smallest absolute Gasteiger partial charge is 0.234 e. The quantitative estimate of drug-likeness (QED) is 0.488. The van der Waals surface area contributed by atoms with Crippen molar-refractivity contribution in [2.75, 3.05) is 0 Å². The average molecular weight is 473 g/mol. The fourth-order valence-electron chi connectivity index (χ4n) is 3.91. The molecule has 0 saturated carbocycles. The van der Waals surface area contributed by atoms with Crippen LogP contribution in [0.4, 0.5) is 0 Å². The first-order valence-electron chi connectivity index (χ1n) is 10.2. The van der Waals surface area contributed by atoms with E-state index in [0.29, 0.717) is 27.6 Å². The van der Waals surface area contributed by atoms with Gasteiger partial charge in [0.2, 0.25) is 17.7 Å². The minimum atomic E-state index is -0.772. The van der Waals surface area contributed by atoms with Gasteiger partial charge in [0.05, 0.1) is 23.0 Å². The third kappa shape index (κ3) is 4.23. The molecule has 1 aliphatic heterocycles. The monoisotopic (exact) mass is 472 g/mol. The van der Waals surface area contributed by atoms with Gasteiger partial charge in [0.15, 0.2) is 0 Å². The third-order valence-electron chi connectivity index (χ3n) is 5.91. The summed E-state index contributed by atoms with van der Waals surface area (Å²) >= 11 is 12.9. The summed E-state index contributed by atoms with van der Waals surface area (Å²) in [6.45, 7) is 3.94. The summed E-state index contributed by atoms with van der Waals surface area (Å²) < 4.78 is 0. The third-order valence-corrected chi connectivity index (χ3v) is 6.53. The first kappa shape index (κ1) is 22.3. The van der Waals surface area contributed by atoms with Gasteiger partial charge in [-0.25, -0.2) is 0 Å². The molecule has 0 spiro atoms. The van der Waals surface area contributed by atoms with Crippen LogP contribution in [0.1, 0.15) is 49.3 Å². The highest BCUT2D eigenvalue weighted by Gasteiger charge is 2.32. The van der Waals surface area contributed by atoms with Crippen molar-refractivity contribution < 1.29 is 14.4 Å². The van der Waals surface area contributed by atoms with Crippen molar-refractivity contribution in [3.8, 4) is 0 Å². The molecule has 1 saturated heterocycles. The van der Waals surface area contributed by atoms with Crippen LogP contribution < -0.4 is 10.6 Å². The van der Waals surface area contributed by atoms with Gasteiger partial charge in [0.25, 0.3) is 0 Å². The maximum absolute atomic E-state index is 13.0. The Labute approximate surface area is 194 Å². The number of piperidine rings is 1. The number of rotatable bonds is 5. The highest BCUT2D eigenvalue weighted by Crippen LogP contribution is 2.37.